The number of carboxylic acid groups (broad SMARTS) is 1. The molecule has 154 valence electrons. The molecule has 0 aliphatic carbocycles. The van der Waals surface area contributed by atoms with Crippen LogP contribution in [0.5, 0.6) is 5.75 Å². The second-order valence-electron chi connectivity index (χ2n) is 7.27. The molecular weight excluding hydrogens is 378 g/mol. The first kappa shape index (κ1) is 21.1. The van der Waals surface area contributed by atoms with Crippen LogP contribution in [-0.4, -0.2) is 28.0 Å². The van der Waals surface area contributed by atoms with Gasteiger partial charge in [0.25, 0.3) is 0 Å². The lowest BCUT2D eigenvalue weighted by Gasteiger charge is -2.09. The zero-order valence-electron chi connectivity index (χ0n) is 17.1. The molecule has 0 aliphatic heterocycles. The molecule has 0 radical (unpaired) electrons. The van der Waals surface area contributed by atoms with Crippen LogP contribution in [0.1, 0.15) is 34.1 Å². The number of hydrogen-bond donors (Lipinski definition) is 1. The van der Waals surface area contributed by atoms with Gasteiger partial charge in [0.2, 0.25) is 5.78 Å². The zero-order chi connectivity index (χ0) is 21.5. The Balaban J connectivity index is 1.64. The Bertz CT molecular complexity index is 1050. The molecule has 0 spiro atoms. The third-order valence-electron chi connectivity index (χ3n) is 4.77. The van der Waals surface area contributed by atoms with E-state index in [4.69, 9.17) is 9.84 Å². The van der Waals surface area contributed by atoms with Crippen LogP contribution in [0.15, 0.2) is 72.9 Å². The molecule has 1 atom stereocenters. The smallest absolute Gasteiger partial charge is 0.309 e. The van der Waals surface area contributed by atoms with Gasteiger partial charge in [-0.1, -0.05) is 54.1 Å². The van der Waals surface area contributed by atoms with Crippen molar-refractivity contribution in [2.24, 2.45) is 5.92 Å². The predicted molar refractivity (Wildman–Crippen MR) is 117 cm³/mol. The lowest BCUT2D eigenvalue weighted by Crippen LogP contribution is -2.17. The van der Waals surface area contributed by atoms with Crippen LogP contribution in [-0.2, 0) is 11.3 Å². The highest BCUT2D eigenvalue weighted by Gasteiger charge is 2.13. The average molecular weight is 403 g/mol. The monoisotopic (exact) mass is 403 g/mol. The van der Waals surface area contributed by atoms with E-state index in [1.165, 1.54) is 0 Å². The molecule has 0 bridgehead atoms. The van der Waals surface area contributed by atoms with Crippen molar-refractivity contribution in [3.8, 4) is 5.75 Å². The van der Waals surface area contributed by atoms with Gasteiger partial charge in [-0.2, -0.15) is 0 Å². The highest BCUT2D eigenvalue weighted by molar-refractivity contribution is 6.08. The summed E-state index contributed by atoms with van der Waals surface area (Å²) in [5.74, 6) is -0.825. The molecule has 0 saturated carbocycles. The summed E-state index contributed by atoms with van der Waals surface area (Å²) >= 11 is 0. The summed E-state index contributed by atoms with van der Waals surface area (Å²) in [5, 5.41) is 8.95. The first-order valence-corrected chi connectivity index (χ1v) is 9.83. The van der Waals surface area contributed by atoms with E-state index in [9.17, 15) is 9.59 Å². The number of benzene rings is 2. The van der Waals surface area contributed by atoms with Crippen LogP contribution in [0, 0.1) is 12.8 Å². The number of carboxylic acids is 1. The van der Waals surface area contributed by atoms with Gasteiger partial charge >= 0.3 is 5.97 Å². The molecule has 1 aromatic heterocycles. The fourth-order valence-corrected chi connectivity index (χ4v) is 2.94. The van der Waals surface area contributed by atoms with Crippen LogP contribution >= 0.6 is 0 Å². The van der Waals surface area contributed by atoms with Crippen LogP contribution < -0.4 is 4.74 Å². The van der Waals surface area contributed by atoms with Crippen LogP contribution in [0.4, 0.5) is 0 Å². The SMILES string of the molecule is Cc1ccc(C(=O)c2cccn2CC=Cc2cccc(OC[C@@H](C)C(=O)O)c2)cc1. The summed E-state index contributed by atoms with van der Waals surface area (Å²) in [6, 6.07) is 18.7. The number of hydrogen-bond acceptors (Lipinski definition) is 3. The zero-order valence-corrected chi connectivity index (χ0v) is 17.1. The third-order valence-corrected chi connectivity index (χ3v) is 4.77. The minimum absolute atomic E-state index is 0.00338. The van der Waals surface area contributed by atoms with Crippen LogP contribution in [0.2, 0.25) is 0 Å². The Labute approximate surface area is 176 Å². The van der Waals surface area contributed by atoms with Gasteiger partial charge in [-0.25, -0.2) is 0 Å². The lowest BCUT2D eigenvalue weighted by atomic mass is 10.1. The quantitative estimate of drug-likeness (QED) is 0.519. The predicted octanol–water partition coefficient (Wildman–Crippen LogP) is 4.84. The molecule has 0 fully saturated rings. The number of aliphatic carboxylic acids is 1. The van der Waals surface area contributed by atoms with Gasteiger partial charge < -0.3 is 14.4 Å². The van der Waals surface area contributed by atoms with E-state index in [2.05, 4.69) is 0 Å². The summed E-state index contributed by atoms with van der Waals surface area (Å²) in [6.07, 6.45) is 5.82. The average Bonchev–Trinajstić information content (AvgIpc) is 3.21. The lowest BCUT2D eigenvalue weighted by molar-refractivity contribution is -0.142. The maximum atomic E-state index is 12.8. The number of rotatable bonds is 9. The topological polar surface area (TPSA) is 68.5 Å². The second-order valence-corrected chi connectivity index (χ2v) is 7.27. The number of aryl methyl sites for hydroxylation is 1. The molecular formula is C25H25NO4. The molecule has 0 saturated heterocycles. The van der Waals surface area contributed by atoms with E-state index >= 15 is 0 Å². The fourth-order valence-electron chi connectivity index (χ4n) is 2.94. The van der Waals surface area contributed by atoms with Crippen molar-refractivity contribution in [2.75, 3.05) is 6.61 Å². The van der Waals surface area contributed by atoms with Crippen molar-refractivity contribution in [1.82, 2.24) is 4.57 Å². The van der Waals surface area contributed by atoms with Crippen molar-refractivity contribution < 1.29 is 19.4 Å². The van der Waals surface area contributed by atoms with E-state index in [0.717, 1.165) is 11.1 Å². The number of ether oxygens (including phenoxy) is 1. The minimum Gasteiger partial charge on any atom is -0.493 e. The Morgan fingerprint density at radius 2 is 1.87 bits per heavy atom. The maximum absolute atomic E-state index is 12.8. The summed E-state index contributed by atoms with van der Waals surface area (Å²) in [5.41, 5.74) is 3.37. The Kier molecular flexibility index (Phi) is 6.86. The molecule has 1 heterocycles. The van der Waals surface area contributed by atoms with Gasteiger partial charge in [-0.05, 0) is 43.7 Å². The summed E-state index contributed by atoms with van der Waals surface area (Å²) in [7, 11) is 0. The number of allylic oxidation sites excluding steroid dienone is 1. The normalized spacial score (nSPS) is 12.1. The van der Waals surface area contributed by atoms with Crippen molar-refractivity contribution in [2.45, 2.75) is 20.4 Å². The van der Waals surface area contributed by atoms with Gasteiger partial charge in [0.15, 0.2) is 0 Å². The molecule has 30 heavy (non-hydrogen) atoms. The van der Waals surface area contributed by atoms with Gasteiger partial charge in [-0.3, -0.25) is 9.59 Å². The molecule has 0 unspecified atom stereocenters. The van der Waals surface area contributed by atoms with Crippen LogP contribution in [0.25, 0.3) is 6.08 Å². The molecule has 3 rings (SSSR count). The van der Waals surface area contributed by atoms with E-state index in [1.807, 2.05) is 84.4 Å². The van der Waals surface area contributed by atoms with Gasteiger partial charge in [-0.15, -0.1) is 0 Å². The number of aromatic nitrogens is 1. The largest absolute Gasteiger partial charge is 0.493 e. The molecule has 1 N–H and O–H groups in total. The fraction of sp³-hybridized carbons (Fsp3) is 0.200. The van der Waals surface area contributed by atoms with E-state index < -0.39 is 11.9 Å². The Hall–Kier alpha value is -3.60. The first-order chi connectivity index (χ1) is 14.4. The molecule has 0 aliphatic rings. The molecule has 5 nitrogen and oxygen atoms in total. The van der Waals surface area contributed by atoms with E-state index in [1.54, 1.807) is 13.0 Å². The van der Waals surface area contributed by atoms with Crippen LogP contribution in [0.3, 0.4) is 0 Å². The number of ketones is 1. The molecule has 5 heteroatoms. The molecule has 3 aromatic rings. The van der Waals surface area contributed by atoms with Crippen molar-refractivity contribution >= 4 is 17.8 Å². The van der Waals surface area contributed by atoms with E-state index in [0.29, 0.717) is 23.6 Å². The summed E-state index contributed by atoms with van der Waals surface area (Å²) in [6.45, 7) is 4.28. The molecule has 2 aromatic carbocycles. The highest BCUT2D eigenvalue weighted by atomic mass is 16.5. The minimum atomic E-state index is -0.881. The third kappa shape index (κ3) is 5.47. The molecule has 0 amide bonds. The standard InChI is InChI=1S/C25H25NO4/c1-18-10-12-21(13-11-18)24(27)23-9-5-15-26(23)14-4-7-20-6-3-8-22(16-20)30-17-19(2)25(28)29/h3-13,15-16,19H,14,17H2,1-2H3,(H,28,29)/t19-/m1/s1. The summed E-state index contributed by atoms with van der Waals surface area (Å²) in [4.78, 5) is 23.7. The number of carbonyl (C=O) groups is 2. The van der Waals surface area contributed by atoms with Crippen molar-refractivity contribution in [3.05, 3.63) is 95.3 Å². The Morgan fingerprint density at radius 1 is 1.10 bits per heavy atom. The Morgan fingerprint density at radius 3 is 2.60 bits per heavy atom. The number of nitrogens with zero attached hydrogens (tertiary/aromatic N) is 1. The summed E-state index contributed by atoms with van der Waals surface area (Å²) < 4.78 is 7.48. The van der Waals surface area contributed by atoms with Crippen molar-refractivity contribution in [1.29, 1.82) is 0 Å². The maximum Gasteiger partial charge on any atom is 0.309 e. The van der Waals surface area contributed by atoms with Gasteiger partial charge in [0.1, 0.15) is 12.4 Å². The highest BCUT2D eigenvalue weighted by Crippen LogP contribution is 2.16. The van der Waals surface area contributed by atoms with Gasteiger partial charge in [0, 0.05) is 18.3 Å². The van der Waals surface area contributed by atoms with Gasteiger partial charge in [0.05, 0.1) is 11.6 Å². The second kappa shape index (κ2) is 9.74. The van der Waals surface area contributed by atoms with E-state index in [-0.39, 0.29) is 12.4 Å². The first-order valence-electron chi connectivity index (χ1n) is 9.83. The number of carbonyl (C=O) groups excluding carboxylic acids is 1. The van der Waals surface area contributed by atoms with Crippen molar-refractivity contribution in [3.63, 3.8) is 0 Å².